The van der Waals surface area contributed by atoms with Crippen molar-refractivity contribution in [3.63, 3.8) is 0 Å². The summed E-state index contributed by atoms with van der Waals surface area (Å²) in [5.74, 6) is -0.0872. The normalized spacial score (nSPS) is 24.0. The molecule has 7 nitrogen and oxygen atoms in total. The summed E-state index contributed by atoms with van der Waals surface area (Å²) in [6.07, 6.45) is 6.23. The number of carbonyl (C=O) groups is 1. The molecule has 0 spiro atoms. The molecule has 0 aliphatic carbocycles. The molecule has 102 valence electrons. The van der Waals surface area contributed by atoms with Crippen LogP contribution in [0.25, 0.3) is 0 Å². The lowest BCUT2D eigenvalue weighted by Crippen LogP contribution is -2.51. The van der Waals surface area contributed by atoms with Gasteiger partial charge in [0.15, 0.2) is 0 Å². The lowest BCUT2D eigenvalue weighted by Gasteiger charge is -2.35. The Balaban J connectivity index is 1.99. The van der Waals surface area contributed by atoms with E-state index >= 15 is 0 Å². The maximum atomic E-state index is 12.0. The van der Waals surface area contributed by atoms with Crippen LogP contribution in [0.1, 0.15) is 17.6 Å². The third kappa shape index (κ3) is 3.38. The van der Waals surface area contributed by atoms with Crippen LogP contribution in [0.5, 0.6) is 0 Å². The molecule has 1 saturated heterocycles. The second-order valence-corrected chi connectivity index (χ2v) is 4.53. The van der Waals surface area contributed by atoms with E-state index in [0.29, 0.717) is 6.54 Å². The van der Waals surface area contributed by atoms with Gasteiger partial charge in [0.1, 0.15) is 6.33 Å². The molecule has 2 heterocycles. The Morgan fingerprint density at radius 1 is 1.63 bits per heavy atom. The molecule has 0 aromatic carbocycles. The highest BCUT2D eigenvalue weighted by molar-refractivity contribution is 5.80. The molecule has 0 bridgehead atoms. The van der Waals surface area contributed by atoms with Gasteiger partial charge < -0.3 is 4.84 Å². The first kappa shape index (κ1) is 13.7. The van der Waals surface area contributed by atoms with Gasteiger partial charge in [-0.1, -0.05) is 0 Å². The SMILES string of the molecule is CON[C@@H]1CC[C@@H](C#N)N(CC(=O)n2ccnc2)C1. The highest BCUT2D eigenvalue weighted by atomic mass is 16.6. The van der Waals surface area contributed by atoms with Crippen molar-refractivity contribution in [3.8, 4) is 6.07 Å². The van der Waals surface area contributed by atoms with Crippen LogP contribution in [0.15, 0.2) is 18.7 Å². The maximum Gasteiger partial charge on any atom is 0.246 e. The van der Waals surface area contributed by atoms with Crippen LogP contribution in [-0.2, 0) is 4.84 Å². The van der Waals surface area contributed by atoms with Gasteiger partial charge in [-0.05, 0) is 12.8 Å². The smallest absolute Gasteiger partial charge is 0.246 e. The number of imidazole rings is 1. The van der Waals surface area contributed by atoms with Crippen molar-refractivity contribution >= 4 is 5.91 Å². The zero-order chi connectivity index (χ0) is 13.7. The summed E-state index contributed by atoms with van der Waals surface area (Å²) < 4.78 is 1.43. The van der Waals surface area contributed by atoms with Crippen molar-refractivity contribution in [1.29, 1.82) is 5.26 Å². The van der Waals surface area contributed by atoms with Crippen molar-refractivity contribution in [2.45, 2.75) is 24.9 Å². The second kappa shape index (κ2) is 6.43. The molecule has 19 heavy (non-hydrogen) atoms. The predicted molar refractivity (Wildman–Crippen MR) is 67.0 cm³/mol. The Morgan fingerprint density at radius 2 is 2.47 bits per heavy atom. The average molecular weight is 263 g/mol. The van der Waals surface area contributed by atoms with Crippen LogP contribution in [0.2, 0.25) is 0 Å². The summed E-state index contributed by atoms with van der Waals surface area (Å²) in [6.45, 7) is 0.822. The van der Waals surface area contributed by atoms with Crippen molar-refractivity contribution in [2.75, 3.05) is 20.2 Å². The fourth-order valence-electron chi connectivity index (χ4n) is 2.29. The molecule has 1 aromatic rings. The van der Waals surface area contributed by atoms with Crippen LogP contribution in [0, 0.1) is 11.3 Å². The summed E-state index contributed by atoms with van der Waals surface area (Å²) in [6, 6.07) is 2.17. The number of piperidine rings is 1. The fraction of sp³-hybridized carbons (Fsp3) is 0.583. The number of rotatable bonds is 4. The Hall–Kier alpha value is -1.75. The predicted octanol–water partition coefficient (Wildman–Crippen LogP) is 0.0309. The van der Waals surface area contributed by atoms with Gasteiger partial charge in [0, 0.05) is 25.0 Å². The first-order valence-corrected chi connectivity index (χ1v) is 6.18. The summed E-state index contributed by atoms with van der Waals surface area (Å²) in [5.41, 5.74) is 2.89. The van der Waals surface area contributed by atoms with Gasteiger partial charge in [-0.15, -0.1) is 0 Å². The van der Waals surface area contributed by atoms with Gasteiger partial charge in [-0.2, -0.15) is 10.7 Å². The number of likely N-dealkylation sites (tertiary alicyclic amines) is 1. The first-order chi connectivity index (χ1) is 9.24. The van der Waals surface area contributed by atoms with E-state index in [1.54, 1.807) is 19.5 Å². The average Bonchev–Trinajstić information content (AvgIpc) is 2.93. The Labute approximate surface area is 111 Å². The van der Waals surface area contributed by atoms with Gasteiger partial charge in [-0.25, -0.2) is 4.98 Å². The van der Waals surface area contributed by atoms with Gasteiger partial charge in [0.25, 0.3) is 0 Å². The first-order valence-electron chi connectivity index (χ1n) is 6.18. The van der Waals surface area contributed by atoms with Crippen LogP contribution >= 0.6 is 0 Å². The lowest BCUT2D eigenvalue weighted by molar-refractivity contribution is 0.0228. The molecule has 2 rings (SSSR count). The Bertz CT molecular complexity index is 453. The topological polar surface area (TPSA) is 83.2 Å². The molecule has 2 atom stereocenters. The van der Waals surface area contributed by atoms with Gasteiger partial charge >= 0.3 is 0 Å². The van der Waals surface area contributed by atoms with Crippen LogP contribution in [-0.4, -0.2) is 52.6 Å². The third-order valence-corrected chi connectivity index (χ3v) is 3.25. The highest BCUT2D eigenvalue weighted by Crippen LogP contribution is 2.17. The summed E-state index contributed by atoms with van der Waals surface area (Å²) in [4.78, 5) is 22.7. The molecule has 1 aliphatic heterocycles. The quantitative estimate of drug-likeness (QED) is 0.772. The molecule has 1 N–H and O–H groups in total. The maximum absolute atomic E-state index is 12.0. The Morgan fingerprint density at radius 3 is 3.11 bits per heavy atom. The van der Waals surface area contributed by atoms with E-state index in [1.165, 1.54) is 10.9 Å². The summed E-state index contributed by atoms with van der Waals surface area (Å²) in [7, 11) is 1.57. The van der Waals surface area contributed by atoms with E-state index in [1.807, 2.05) is 4.90 Å². The van der Waals surface area contributed by atoms with Gasteiger partial charge in [0.05, 0.1) is 25.8 Å². The lowest BCUT2D eigenvalue weighted by atomic mass is 9.99. The molecule has 0 saturated carbocycles. The number of nitrogens with one attached hydrogen (secondary N) is 1. The minimum Gasteiger partial charge on any atom is -0.305 e. The molecule has 0 amide bonds. The largest absolute Gasteiger partial charge is 0.305 e. The monoisotopic (exact) mass is 263 g/mol. The Kier molecular flexibility index (Phi) is 4.63. The summed E-state index contributed by atoms with van der Waals surface area (Å²) in [5, 5.41) is 9.15. The minimum atomic E-state index is -0.220. The second-order valence-electron chi connectivity index (χ2n) is 4.53. The minimum absolute atomic E-state index is 0.0872. The number of hydroxylamine groups is 1. The van der Waals surface area contributed by atoms with Gasteiger partial charge in [-0.3, -0.25) is 14.3 Å². The number of hydrogen-bond acceptors (Lipinski definition) is 6. The van der Waals surface area contributed by atoms with E-state index in [2.05, 4.69) is 16.5 Å². The van der Waals surface area contributed by atoms with Gasteiger partial charge in [0.2, 0.25) is 5.91 Å². The highest BCUT2D eigenvalue weighted by Gasteiger charge is 2.29. The molecule has 1 aliphatic rings. The van der Waals surface area contributed by atoms with Crippen LogP contribution in [0.3, 0.4) is 0 Å². The number of carbonyl (C=O) groups excluding carboxylic acids is 1. The molecule has 0 radical (unpaired) electrons. The molecule has 7 heteroatoms. The van der Waals surface area contributed by atoms with E-state index in [-0.39, 0.29) is 24.5 Å². The van der Waals surface area contributed by atoms with Crippen LogP contribution in [0.4, 0.5) is 0 Å². The fourth-order valence-corrected chi connectivity index (χ4v) is 2.29. The molecule has 0 unspecified atom stereocenters. The van der Waals surface area contributed by atoms with Crippen molar-refractivity contribution in [1.82, 2.24) is 19.9 Å². The van der Waals surface area contributed by atoms with E-state index < -0.39 is 0 Å². The van der Waals surface area contributed by atoms with E-state index in [0.717, 1.165) is 12.8 Å². The standard InChI is InChI=1S/C12H17N5O2/c1-19-15-10-2-3-11(6-13)17(7-10)8-12(18)16-5-4-14-9-16/h4-5,9-11,15H,2-3,7-8H2,1H3/t10-,11+/m1/s1. The number of hydrogen-bond donors (Lipinski definition) is 1. The van der Waals surface area contributed by atoms with Crippen molar-refractivity contribution in [2.24, 2.45) is 0 Å². The number of nitrogens with zero attached hydrogens (tertiary/aromatic N) is 4. The third-order valence-electron chi connectivity index (χ3n) is 3.25. The summed E-state index contributed by atoms with van der Waals surface area (Å²) >= 11 is 0. The number of nitriles is 1. The number of aromatic nitrogens is 2. The molecule has 1 fully saturated rings. The van der Waals surface area contributed by atoms with Crippen LogP contribution < -0.4 is 5.48 Å². The zero-order valence-corrected chi connectivity index (χ0v) is 10.8. The molecule has 1 aromatic heterocycles. The molecular formula is C12H17N5O2. The molecular weight excluding hydrogens is 246 g/mol. The van der Waals surface area contributed by atoms with E-state index in [9.17, 15) is 4.79 Å². The van der Waals surface area contributed by atoms with Crippen molar-refractivity contribution < 1.29 is 9.63 Å². The van der Waals surface area contributed by atoms with E-state index in [4.69, 9.17) is 10.1 Å². The zero-order valence-electron chi connectivity index (χ0n) is 10.8. The van der Waals surface area contributed by atoms with Crippen molar-refractivity contribution in [3.05, 3.63) is 18.7 Å².